The first-order valence-corrected chi connectivity index (χ1v) is 6.99. The van der Waals surface area contributed by atoms with Gasteiger partial charge in [0.1, 0.15) is 0 Å². The van der Waals surface area contributed by atoms with Crippen LogP contribution in [0, 0.1) is 6.92 Å². The molecule has 0 aliphatic carbocycles. The molecule has 0 saturated carbocycles. The third-order valence-electron chi connectivity index (χ3n) is 2.60. The molecule has 20 heavy (non-hydrogen) atoms. The summed E-state index contributed by atoms with van der Waals surface area (Å²) in [5, 5.41) is 7.93. The zero-order chi connectivity index (χ0) is 14.5. The lowest BCUT2D eigenvalue weighted by Crippen LogP contribution is -2.19. The summed E-state index contributed by atoms with van der Waals surface area (Å²) in [5.74, 6) is -0.267. The summed E-state index contributed by atoms with van der Waals surface area (Å²) in [6.45, 7) is 3.81. The van der Waals surface area contributed by atoms with E-state index in [-0.39, 0.29) is 11.8 Å². The standard InChI is InChI=1S/C14H15N3O2S/c1-9-8-20-14(16-9)17-13(19)12-5-3-11(4-6-12)7-15-10(2)18/h3-6,8H,7H2,1-2H3,(H,15,18)(H,16,17,19). The smallest absolute Gasteiger partial charge is 0.257 e. The maximum Gasteiger partial charge on any atom is 0.257 e. The minimum atomic E-state index is -0.189. The molecule has 0 atom stereocenters. The third-order valence-corrected chi connectivity index (χ3v) is 3.47. The van der Waals surface area contributed by atoms with E-state index in [0.29, 0.717) is 17.2 Å². The highest BCUT2D eigenvalue weighted by molar-refractivity contribution is 7.13. The van der Waals surface area contributed by atoms with Gasteiger partial charge in [-0.15, -0.1) is 11.3 Å². The molecule has 104 valence electrons. The van der Waals surface area contributed by atoms with Crippen LogP contribution >= 0.6 is 11.3 Å². The van der Waals surface area contributed by atoms with Gasteiger partial charge in [0.15, 0.2) is 5.13 Å². The Morgan fingerprint density at radius 3 is 2.50 bits per heavy atom. The van der Waals surface area contributed by atoms with E-state index < -0.39 is 0 Å². The first kappa shape index (κ1) is 14.2. The normalized spacial score (nSPS) is 10.1. The van der Waals surface area contributed by atoms with Crippen molar-refractivity contribution in [3.8, 4) is 0 Å². The summed E-state index contributed by atoms with van der Waals surface area (Å²) in [6.07, 6.45) is 0. The van der Waals surface area contributed by atoms with Crippen molar-refractivity contribution in [2.45, 2.75) is 20.4 Å². The first-order chi connectivity index (χ1) is 9.54. The summed E-state index contributed by atoms with van der Waals surface area (Å²) in [5.41, 5.74) is 2.39. The molecule has 2 rings (SSSR count). The molecule has 0 radical (unpaired) electrons. The number of hydrogen-bond acceptors (Lipinski definition) is 4. The molecule has 0 fully saturated rings. The predicted octanol–water partition coefficient (Wildman–Crippen LogP) is 2.34. The molecule has 2 aromatic rings. The second-order valence-corrected chi connectivity index (χ2v) is 5.21. The van der Waals surface area contributed by atoms with E-state index in [1.54, 1.807) is 12.1 Å². The van der Waals surface area contributed by atoms with Gasteiger partial charge in [-0.05, 0) is 24.6 Å². The van der Waals surface area contributed by atoms with Crippen LogP contribution in [0.4, 0.5) is 5.13 Å². The lowest BCUT2D eigenvalue weighted by Gasteiger charge is -2.05. The van der Waals surface area contributed by atoms with Crippen molar-refractivity contribution in [3.63, 3.8) is 0 Å². The Hall–Kier alpha value is -2.21. The number of rotatable bonds is 4. The molecule has 2 amide bonds. The Morgan fingerprint density at radius 2 is 1.95 bits per heavy atom. The molecule has 0 bridgehead atoms. The van der Waals surface area contributed by atoms with Gasteiger partial charge >= 0.3 is 0 Å². The van der Waals surface area contributed by atoms with Gasteiger partial charge < -0.3 is 5.32 Å². The number of amides is 2. The molecule has 1 heterocycles. The number of carbonyl (C=O) groups is 2. The van der Waals surface area contributed by atoms with Gasteiger partial charge in [0.05, 0.1) is 5.69 Å². The molecular formula is C14H15N3O2S. The highest BCUT2D eigenvalue weighted by Crippen LogP contribution is 2.15. The minimum Gasteiger partial charge on any atom is -0.352 e. The number of carbonyl (C=O) groups excluding carboxylic acids is 2. The fourth-order valence-electron chi connectivity index (χ4n) is 1.58. The topological polar surface area (TPSA) is 71.1 Å². The summed E-state index contributed by atoms with van der Waals surface area (Å²) in [6, 6.07) is 7.09. The monoisotopic (exact) mass is 289 g/mol. The Kier molecular flexibility index (Phi) is 4.47. The van der Waals surface area contributed by atoms with Crippen LogP contribution in [0.1, 0.15) is 28.5 Å². The zero-order valence-corrected chi connectivity index (χ0v) is 12.1. The second kappa shape index (κ2) is 6.29. The number of nitrogens with zero attached hydrogens (tertiary/aromatic N) is 1. The van der Waals surface area contributed by atoms with Crippen LogP contribution in [-0.2, 0) is 11.3 Å². The minimum absolute atomic E-state index is 0.0778. The quantitative estimate of drug-likeness (QED) is 0.907. The SMILES string of the molecule is CC(=O)NCc1ccc(C(=O)Nc2nc(C)cs2)cc1. The largest absolute Gasteiger partial charge is 0.352 e. The van der Waals surface area contributed by atoms with E-state index in [1.807, 2.05) is 24.4 Å². The fraction of sp³-hybridized carbons (Fsp3) is 0.214. The molecule has 5 nitrogen and oxygen atoms in total. The Bertz CT molecular complexity index is 620. The number of anilines is 1. The maximum absolute atomic E-state index is 12.0. The summed E-state index contributed by atoms with van der Waals surface area (Å²) < 4.78 is 0. The second-order valence-electron chi connectivity index (χ2n) is 4.35. The first-order valence-electron chi connectivity index (χ1n) is 6.11. The van der Waals surface area contributed by atoms with E-state index >= 15 is 0 Å². The van der Waals surface area contributed by atoms with Crippen LogP contribution < -0.4 is 10.6 Å². The molecule has 0 aliphatic heterocycles. The van der Waals surface area contributed by atoms with Gasteiger partial charge in [-0.1, -0.05) is 12.1 Å². The lowest BCUT2D eigenvalue weighted by atomic mass is 10.1. The molecule has 0 spiro atoms. The number of thiazole rings is 1. The number of nitrogens with one attached hydrogen (secondary N) is 2. The van der Waals surface area contributed by atoms with Crippen molar-refractivity contribution < 1.29 is 9.59 Å². The van der Waals surface area contributed by atoms with Gasteiger partial charge in [0.2, 0.25) is 5.91 Å². The van der Waals surface area contributed by atoms with Crippen molar-refractivity contribution in [2.24, 2.45) is 0 Å². The van der Waals surface area contributed by atoms with Gasteiger partial charge in [-0.2, -0.15) is 0 Å². The van der Waals surface area contributed by atoms with Crippen molar-refractivity contribution in [3.05, 3.63) is 46.5 Å². The Balaban J connectivity index is 1.98. The van der Waals surface area contributed by atoms with Crippen LogP contribution in [0.25, 0.3) is 0 Å². The molecule has 2 N–H and O–H groups in total. The summed E-state index contributed by atoms with van der Waals surface area (Å²) >= 11 is 1.40. The van der Waals surface area contributed by atoms with E-state index in [1.165, 1.54) is 18.3 Å². The van der Waals surface area contributed by atoms with Crippen LogP contribution in [0.3, 0.4) is 0 Å². The average molecular weight is 289 g/mol. The highest BCUT2D eigenvalue weighted by Gasteiger charge is 2.08. The number of benzene rings is 1. The molecule has 1 aromatic heterocycles. The Labute approximate surface area is 121 Å². The average Bonchev–Trinajstić information content (AvgIpc) is 2.82. The Morgan fingerprint density at radius 1 is 1.25 bits per heavy atom. The molecule has 0 unspecified atom stereocenters. The maximum atomic E-state index is 12.0. The molecule has 0 aliphatic rings. The summed E-state index contributed by atoms with van der Waals surface area (Å²) in [7, 11) is 0. The summed E-state index contributed by atoms with van der Waals surface area (Å²) in [4.78, 5) is 27.0. The van der Waals surface area contributed by atoms with Crippen LogP contribution in [0.15, 0.2) is 29.6 Å². The van der Waals surface area contributed by atoms with Gasteiger partial charge in [0.25, 0.3) is 5.91 Å². The van der Waals surface area contributed by atoms with Gasteiger partial charge in [-0.3, -0.25) is 14.9 Å². The van der Waals surface area contributed by atoms with Crippen molar-refractivity contribution in [1.29, 1.82) is 0 Å². The lowest BCUT2D eigenvalue weighted by molar-refractivity contribution is -0.119. The van der Waals surface area contributed by atoms with Crippen LogP contribution in [-0.4, -0.2) is 16.8 Å². The van der Waals surface area contributed by atoms with E-state index in [2.05, 4.69) is 15.6 Å². The van der Waals surface area contributed by atoms with Crippen LogP contribution in [0.5, 0.6) is 0 Å². The van der Waals surface area contributed by atoms with Crippen molar-refractivity contribution in [1.82, 2.24) is 10.3 Å². The van der Waals surface area contributed by atoms with E-state index in [4.69, 9.17) is 0 Å². The fourth-order valence-corrected chi connectivity index (χ4v) is 2.26. The van der Waals surface area contributed by atoms with Crippen molar-refractivity contribution >= 4 is 28.3 Å². The predicted molar refractivity (Wildman–Crippen MR) is 78.8 cm³/mol. The zero-order valence-electron chi connectivity index (χ0n) is 11.3. The van der Waals surface area contributed by atoms with Gasteiger partial charge in [-0.25, -0.2) is 4.98 Å². The van der Waals surface area contributed by atoms with E-state index in [9.17, 15) is 9.59 Å². The molecule has 6 heteroatoms. The van der Waals surface area contributed by atoms with Crippen molar-refractivity contribution in [2.75, 3.05) is 5.32 Å². The molecule has 1 aromatic carbocycles. The number of aromatic nitrogens is 1. The van der Waals surface area contributed by atoms with E-state index in [0.717, 1.165) is 11.3 Å². The molecule has 0 saturated heterocycles. The number of aryl methyl sites for hydroxylation is 1. The van der Waals surface area contributed by atoms with Gasteiger partial charge in [0, 0.05) is 24.4 Å². The number of hydrogen-bond donors (Lipinski definition) is 2. The molecular weight excluding hydrogens is 274 g/mol. The third kappa shape index (κ3) is 3.89. The van der Waals surface area contributed by atoms with Crippen LogP contribution in [0.2, 0.25) is 0 Å². The highest BCUT2D eigenvalue weighted by atomic mass is 32.1.